The number of fused-ring (bicyclic) bond motifs is 1. The van der Waals surface area contributed by atoms with Crippen LogP contribution in [0.25, 0.3) is 0 Å². The lowest BCUT2D eigenvalue weighted by Crippen LogP contribution is -2.25. The molecule has 1 aliphatic rings. The molecule has 5 nitrogen and oxygen atoms in total. The summed E-state index contributed by atoms with van der Waals surface area (Å²) in [5.74, 6) is -0.486. The second-order valence-electron chi connectivity index (χ2n) is 4.20. The van der Waals surface area contributed by atoms with Gasteiger partial charge in [-0.3, -0.25) is 0 Å². The number of carbonyl (C=O) groups excluding carboxylic acids is 1. The topological polar surface area (TPSA) is 54.0 Å². The Labute approximate surface area is 106 Å². The molecule has 0 aromatic heterocycles. The number of ether oxygens (including phenoxy) is 4. The van der Waals surface area contributed by atoms with E-state index in [1.807, 2.05) is 6.92 Å². The number of esters is 1. The van der Waals surface area contributed by atoms with E-state index in [9.17, 15) is 4.79 Å². The van der Waals surface area contributed by atoms with Crippen LogP contribution < -0.4 is 9.47 Å². The summed E-state index contributed by atoms with van der Waals surface area (Å²) in [4.78, 5) is 11.9. The van der Waals surface area contributed by atoms with Crippen molar-refractivity contribution in [3.05, 3.63) is 22.8 Å². The van der Waals surface area contributed by atoms with Crippen LogP contribution in [0.15, 0.2) is 6.07 Å². The van der Waals surface area contributed by atoms with Crippen molar-refractivity contribution in [2.45, 2.75) is 19.6 Å². The van der Waals surface area contributed by atoms with E-state index in [-0.39, 0.29) is 0 Å². The molecule has 1 atom stereocenters. The van der Waals surface area contributed by atoms with Crippen molar-refractivity contribution in [3.63, 3.8) is 0 Å². The van der Waals surface area contributed by atoms with Gasteiger partial charge in [0.1, 0.15) is 17.1 Å². The van der Waals surface area contributed by atoms with E-state index in [2.05, 4.69) is 0 Å². The van der Waals surface area contributed by atoms with Crippen molar-refractivity contribution >= 4 is 5.97 Å². The molecule has 1 aromatic rings. The number of methoxy groups -OCH3 is 3. The molecular formula is C13H16O5. The molecule has 0 aliphatic carbocycles. The second-order valence-corrected chi connectivity index (χ2v) is 4.20. The minimum atomic E-state index is -1.10. The minimum Gasteiger partial charge on any atom is -0.496 e. The van der Waals surface area contributed by atoms with Crippen molar-refractivity contribution in [2.24, 2.45) is 0 Å². The molecule has 98 valence electrons. The van der Waals surface area contributed by atoms with Gasteiger partial charge in [0, 0.05) is 31.2 Å². The van der Waals surface area contributed by atoms with Gasteiger partial charge in [0.2, 0.25) is 5.79 Å². The van der Waals surface area contributed by atoms with Crippen LogP contribution in [0.3, 0.4) is 0 Å². The van der Waals surface area contributed by atoms with E-state index < -0.39 is 11.8 Å². The molecule has 0 fully saturated rings. The number of hydrogen-bond acceptors (Lipinski definition) is 5. The summed E-state index contributed by atoms with van der Waals surface area (Å²) in [6.07, 6.45) is 0. The summed E-state index contributed by atoms with van der Waals surface area (Å²) < 4.78 is 21.1. The van der Waals surface area contributed by atoms with Crippen LogP contribution in [0, 0.1) is 6.92 Å². The number of cyclic esters (lactones) is 1. The third-order valence-electron chi connectivity index (χ3n) is 3.28. The number of hydrogen-bond donors (Lipinski definition) is 0. The fraction of sp³-hybridized carbons (Fsp3) is 0.462. The third-order valence-corrected chi connectivity index (χ3v) is 3.28. The SMILES string of the molecule is COc1cc(OC)c2c(c1C)[C@@](C)(OC)OC2=O. The highest BCUT2D eigenvalue weighted by Crippen LogP contribution is 2.46. The first kappa shape index (κ1) is 12.7. The first-order valence-electron chi connectivity index (χ1n) is 5.53. The third kappa shape index (κ3) is 1.54. The van der Waals surface area contributed by atoms with Gasteiger partial charge in [0.15, 0.2) is 0 Å². The van der Waals surface area contributed by atoms with Crippen molar-refractivity contribution < 1.29 is 23.7 Å². The molecule has 1 aromatic carbocycles. The van der Waals surface area contributed by atoms with Crippen LogP contribution in [0.1, 0.15) is 28.4 Å². The molecule has 1 heterocycles. The van der Waals surface area contributed by atoms with Crippen LogP contribution in [-0.2, 0) is 15.3 Å². The van der Waals surface area contributed by atoms with Crippen LogP contribution in [-0.4, -0.2) is 27.3 Å². The lowest BCUT2D eigenvalue weighted by Gasteiger charge is -2.24. The Morgan fingerprint density at radius 3 is 2.28 bits per heavy atom. The fourth-order valence-electron chi connectivity index (χ4n) is 2.30. The minimum absolute atomic E-state index is 0.403. The maximum Gasteiger partial charge on any atom is 0.345 e. The van der Waals surface area contributed by atoms with Crippen LogP contribution in [0.4, 0.5) is 0 Å². The highest BCUT2D eigenvalue weighted by molar-refractivity contribution is 5.98. The zero-order valence-electron chi connectivity index (χ0n) is 11.1. The Kier molecular flexibility index (Phi) is 2.94. The van der Waals surface area contributed by atoms with E-state index in [4.69, 9.17) is 18.9 Å². The molecule has 0 amide bonds. The molecule has 0 bridgehead atoms. The summed E-state index contributed by atoms with van der Waals surface area (Å²) >= 11 is 0. The number of rotatable bonds is 3. The number of carbonyl (C=O) groups is 1. The zero-order valence-corrected chi connectivity index (χ0v) is 11.1. The van der Waals surface area contributed by atoms with Crippen molar-refractivity contribution in [1.82, 2.24) is 0 Å². The average Bonchev–Trinajstić information content (AvgIpc) is 2.64. The van der Waals surface area contributed by atoms with Gasteiger partial charge >= 0.3 is 5.97 Å². The Bertz CT molecular complexity index is 509. The maximum absolute atomic E-state index is 11.9. The van der Waals surface area contributed by atoms with Gasteiger partial charge in [0.25, 0.3) is 0 Å². The predicted molar refractivity (Wildman–Crippen MR) is 64.1 cm³/mol. The molecule has 5 heteroatoms. The summed E-state index contributed by atoms with van der Waals surface area (Å²) in [5.41, 5.74) is 1.87. The lowest BCUT2D eigenvalue weighted by molar-refractivity contribution is -0.172. The molecule has 0 N–H and O–H groups in total. The van der Waals surface area contributed by atoms with E-state index in [1.54, 1.807) is 20.1 Å². The normalized spacial score (nSPS) is 21.5. The van der Waals surface area contributed by atoms with Crippen molar-refractivity contribution in [3.8, 4) is 11.5 Å². The van der Waals surface area contributed by atoms with Gasteiger partial charge in [-0.25, -0.2) is 4.79 Å². The predicted octanol–water partition coefficient (Wildman–Crippen LogP) is 2.00. The van der Waals surface area contributed by atoms with Gasteiger partial charge < -0.3 is 18.9 Å². The molecule has 1 aliphatic heterocycles. The summed E-state index contributed by atoms with van der Waals surface area (Å²) in [6, 6.07) is 1.68. The summed E-state index contributed by atoms with van der Waals surface area (Å²) in [7, 11) is 4.56. The first-order valence-corrected chi connectivity index (χ1v) is 5.53. The quantitative estimate of drug-likeness (QED) is 0.770. The van der Waals surface area contributed by atoms with Gasteiger partial charge in [-0.05, 0) is 6.92 Å². The highest BCUT2D eigenvalue weighted by atomic mass is 16.7. The van der Waals surface area contributed by atoms with Crippen molar-refractivity contribution in [2.75, 3.05) is 21.3 Å². The van der Waals surface area contributed by atoms with Gasteiger partial charge in [-0.15, -0.1) is 0 Å². The Hall–Kier alpha value is -1.75. The fourth-order valence-corrected chi connectivity index (χ4v) is 2.30. The summed E-state index contributed by atoms with van der Waals surface area (Å²) in [6.45, 7) is 3.55. The standard InChI is InChI=1S/C13H16O5/c1-7-8(15-3)6-9(16-4)10-11(7)13(2,17-5)18-12(10)14/h6H,1-5H3/t13-/m0/s1. The first-order chi connectivity index (χ1) is 8.48. The van der Waals surface area contributed by atoms with Crippen LogP contribution in [0.5, 0.6) is 11.5 Å². The van der Waals surface area contributed by atoms with E-state index >= 15 is 0 Å². The molecule has 0 saturated carbocycles. The Morgan fingerprint density at radius 2 is 1.78 bits per heavy atom. The molecule has 0 unspecified atom stereocenters. The number of benzene rings is 1. The molecule has 0 saturated heterocycles. The molecule has 18 heavy (non-hydrogen) atoms. The van der Waals surface area contributed by atoms with Crippen molar-refractivity contribution in [1.29, 1.82) is 0 Å². The largest absolute Gasteiger partial charge is 0.496 e. The molecule has 0 radical (unpaired) electrons. The van der Waals surface area contributed by atoms with E-state index in [0.29, 0.717) is 22.6 Å². The highest BCUT2D eigenvalue weighted by Gasteiger charge is 2.46. The van der Waals surface area contributed by atoms with E-state index in [0.717, 1.165) is 5.56 Å². The van der Waals surface area contributed by atoms with Gasteiger partial charge in [0.05, 0.1) is 14.2 Å². The average molecular weight is 252 g/mol. The zero-order chi connectivity index (χ0) is 13.5. The lowest BCUT2D eigenvalue weighted by atomic mass is 9.96. The molecule has 2 rings (SSSR count). The smallest absolute Gasteiger partial charge is 0.345 e. The van der Waals surface area contributed by atoms with Gasteiger partial charge in [-0.1, -0.05) is 0 Å². The monoisotopic (exact) mass is 252 g/mol. The van der Waals surface area contributed by atoms with Crippen LogP contribution >= 0.6 is 0 Å². The van der Waals surface area contributed by atoms with Crippen LogP contribution in [0.2, 0.25) is 0 Å². The van der Waals surface area contributed by atoms with Gasteiger partial charge in [-0.2, -0.15) is 0 Å². The Balaban J connectivity index is 2.79. The maximum atomic E-state index is 11.9. The molecule has 0 spiro atoms. The Morgan fingerprint density at radius 1 is 1.17 bits per heavy atom. The summed E-state index contributed by atoms with van der Waals surface area (Å²) in [5, 5.41) is 0. The second kappa shape index (κ2) is 4.17. The van der Waals surface area contributed by atoms with E-state index in [1.165, 1.54) is 14.2 Å². The molecular weight excluding hydrogens is 236 g/mol.